The van der Waals surface area contributed by atoms with Gasteiger partial charge in [0.15, 0.2) is 0 Å². The molecule has 1 rings (SSSR count). The quantitative estimate of drug-likeness (QED) is 0.307. The highest BCUT2D eigenvalue weighted by molar-refractivity contribution is 5.89. The third kappa shape index (κ3) is 9.20. The first kappa shape index (κ1) is 27.3. The van der Waals surface area contributed by atoms with Crippen molar-refractivity contribution in [1.29, 1.82) is 0 Å². The number of hydrogen-bond donors (Lipinski definition) is 4. The third-order valence-electron chi connectivity index (χ3n) is 4.94. The minimum absolute atomic E-state index is 0.104. The molecule has 3 amide bonds. The second-order valence-corrected chi connectivity index (χ2v) is 8.97. The number of hydroxylamine groups is 1. The van der Waals surface area contributed by atoms with Crippen LogP contribution >= 0.6 is 0 Å². The topological polar surface area (TPSA) is 125 Å². The smallest absolute Gasteiger partial charge is 0.257 e. The summed E-state index contributed by atoms with van der Waals surface area (Å²) in [5.74, 6) is -2.84. The number of benzene rings is 1. The van der Waals surface area contributed by atoms with Crippen molar-refractivity contribution in [1.82, 2.24) is 15.9 Å². The maximum absolute atomic E-state index is 13.3. The van der Waals surface area contributed by atoms with Gasteiger partial charge in [-0.25, -0.2) is 5.48 Å². The molecule has 0 aromatic heterocycles. The Balaban J connectivity index is 3.13. The van der Waals surface area contributed by atoms with Crippen LogP contribution in [0.25, 0.3) is 6.08 Å². The molecule has 1 aromatic carbocycles. The van der Waals surface area contributed by atoms with E-state index in [0.29, 0.717) is 13.0 Å². The summed E-state index contributed by atoms with van der Waals surface area (Å²) < 4.78 is 0. The highest BCUT2D eigenvalue weighted by Gasteiger charge is 2.35. The summed E-state index contributed by atoms with van der Waals surface area (Å²) in [6.45, 7) is 9.61. The highest BCUT2D eigenvalue weighted by atomic mass is 16.5. The van der Waals surface area contributed by atoms with Gasteiger partial charge in [-0.2, -0.15) is 0 Å². The fraction of sp³-hybridized carbons (Fsp3) is 0.542. The van der Waals surface area contributed by atoms with Gasteiger partial charge in [0.1, 0.15) is 0 Å². The van der Waals surface area contributed by atoms with Crippen LogP contribution in [0.15, 0.2) is 36.4 Å². The number of rotatable bonds is 11. The van der Waals surface area contributed by atoms with Gasteiger partial charge in [0.2, 0.25) is 11.8 Å². The Morgan fingerprint density at radius 3 is 2.12 bits per heavy atom. The van der Waals surface area contributed by atoms with Gasteiger partial charge in [-0.1, -0.05) is 70.2 Å². The zero-order valence-corrected chi connectivity index (χ0v) is 19.7. The van der Waals surface area contributed by atoms with Crippen LogP contribution in [0, 0.1) is 23.7 Å². The maximum Gasteiger partial charge on any atom is 0.257 e. The number of nitrogens with zero attached hydrogens (tertiary/aromatic N) is 1. The molecule has 32 heavy (non-hydrogen) atoms. The lowest BCUT2D eigenvalue weighted by Crippen LogP contribution is -2.55. The number of allylic oxidation sites excluding steroid dienone is 1. The lowest BCUT2D eigenvalue weighted by atomic mass is 9.82. The van der Waals surface area contributed by atoms with Gasteiger partial charge in [-0.05, 0) is 37.2 Å². The minimum atomic E-state index is -0.811. The first-order chi connectivity index (χ1) is 15.1. The van der Waals surface area contributed by atoms with E-state index in [9.17, 15) is 19.6 Å². The van der Waals surface area contributed by atoms with Crippen LogP contribution in [0.3, 0.4) is 0 Å². The summed E-state index contributed by atoms with van der Waals surface area (Å²) in [7, 11) is 0. The van der Waals surface area contributed by atoms with Gasteiger partial charge >= 0.3 is 0 Å². The summed E-state index contributed by atoms with van der Waals surface area (Å²) in [5, 5.41) is 10.5. The van der Waals surface area contributed by atoms with Crippen molar-refractivity contribution < 1.29 is 19.6 Å². The molecule has 0 radical (unpaired) electrons. The zero-order valence-electron chi connectivity index (χ0n) is 19.7. The van der Waals surface area contributed by atoms with E-state index in [4.69, 9.17) is 5.73 Å². The van der Waals surface area contributed by atoms with Crippen LogP contribution in [-0.4, -0.2) is 40.5 Å². The van der Waals surface area contributed by atoms with Gasteiger partial charge in [-0.3, -0.25) is 30.0 Å². The van der Waals surface area contributed by atoms with Crippen LogP contribution in [0.5, 0.6) is 0 Å². The second kappa shape index (κ2) is 13.6. The standard InChI is InChI=1S/C24H38N4O4/c1-16(2)14-21(22(29)26-28(15-17(3)4)24(31)18(5)25)20(23(30)27-32)13-9-12-19-10-7-6-8-11-19/h6-12,16-18,20-21,32H,13-15,25H2,1-5H3,(H,26,29)(H,27,30)/b12-9+/t18-,20+,21-/m1/s1. The highest BCUT2D eigenvalue weighted by Crippen LogP contribution is 2.25. The fourth-order valence-corrected chi connectivity index (χ4v) is 3.43. The van der Waals surface area contributed by atoms with Crippen LogP contribution in [-0.2, 0) is 14.4 Å². The molecular formula is C24H38N4O4. The summed E-state index contributed by atoms with van der Waals surface area (Å²) >= 11 is 0. The minimum Gasteiger partial charge on any atom is -0.320 e. The summed E-state index contributed by atoms with van der Waals surface area (Å²) in [6, 6.07) is 8.81. The lowest BCUT2D eigenvalue weighted by molar-refractivity contribution is -0.148. The van der Waals surface area contributed by atoms with Crippen LogP contribution in [0.4, 0.5) is 0 Å². The van der Waals surface area contributed by atoms with E-state index >= 15 is 0 Å². The maximum atomic E-state index is 13.3. The van der Waals surface area contributed by atoms with Crippen LogP contribution in [0.1, 0.15) is 53.0 Å². The Morgan fingerprint density at radius 2 is 1.62 bits per heavy atom. The summed E-state index contributed by atoms with van der Waals surface area (Å²) in [5.41, 5.74) is 11.1. The Hall–Kier alpha value is -2.71. The average molecular weight is 447 g/mol. The Kier molecular flexibility index (Phi) is 11.7. The number of carbonyl (C=O) groups excluding carboxylic acids is 3. The van der Waals surface area contributed by atoms with E-state index < -0.39 is 35.6 Å². The predicted molar refractivity (Wildman–Crippen MR) is 125 cm³/mol. The van der Waals surface area contributed by atoms with Crippen molar-refractivity contribution >= 4 is 23.8 Å². The average Bonchev–Trinajstić information content (AvgIpc) is 2.74. The monoisotopic (exact) mass is 446 g/mol. The van der Waals surface area contributed by atoms with Gasteiger partial charge in [-0.15, -0.1) is 0 Å². The first-order valence-electron chi connectivity index (χ1n) is 11.1. The molecule has 5 N–H and O–H groups in total. The molecule has 0 aliphatic rings. The molecule has 0 heterocycles. The Bertz CT molecular complexity index is 763. The molecule has 1 aromatic rings. The number of hydrazine groups is 1. The molecular weight excluding hydrogens is 408 g/mol. The lowest BCUT2D eigenvalue weighted by Gasteiger charge is -2.31. The SMILES string of the molecule is CC(C)C[C@@H](C(=O)NN(CC(C)C)C(=O)[C@@H](C)N)[C@H](C/C=C/c1ccccc1)C(=O)NO. The number of amides is 3. The molecule has 0 spiro atoms. The fourth-order valence-electron chi connectivity index (χ4n) is 3.43. The summed E-state index contributed by atoms with van der Waals surface area (Å²) in [4.78, 5) is 38.3. The van der Waals surface area contributed by atoms with E-state index in [0.717, 1.165) is 5.56 Å². The van der Waals surface area contributed by atoms with Crippen molar-refractivity contribution in [3.05, 3.63) is 42.0 Å². The molecule has 0 unspecified atom stereocenters. The second-order valence-electron chi connectivity index (χ2n) is 8.97. The molecule has 0 saturated heterocycles. The molecule has 178 valence electrons. The van der Waals surface area contributed by atoms with Crippen molar-refractivity contribution in [2.24, 2.45) is 29.4 Å². The molecule has 3 atom stereocenters. The molecule has 0 fully saturated rings. The predicted octanol–water partition coefficient (Wildman–Crippen LogP) is 2.74. The molecule has 0 aliphatic carbocycles. The number of hydrogen-bond acceptors (Lipinski definition) is 5. The van der Waals surface area contributed by atoms with Crippen molar-refractivity contribution in [2.45, 2.75) is 53.5 Å². The largest absolute Gasteiger partial charge is 0.320 e. The van der Waals surface area contributed by atoms with Crippen molar-refractivity contribution in [3.8, 4) is 0 Å². The van der Waals surface area contributed by atoms with Gasteiger partial charge in [0.05, 0.1) is 17.9 Å². The molecule has 8 nitrogen and oxygen atoms in total. The molecule has 0 saturated carbocycles. The number of nitrogens with two attached hydrogens (primary N) is 1. The van der Waals surface area contributed by atoms with Gasteiger partial charge in [0.25, 0.3) is 5.91 Å². The molecule has 8 heteroatoms. The number of carbonyl (C=O) groups is 3. The van der Waals surface area contributed by atoms with Crippen LogP contribution in [0.2, 0.25) is 0 Å². The van der Waals surface area contributed by atoms with E-state index in [1.807, 2.05) is 70.2 Å². The first-order valence-corrected chi connectivity index (χ1v) is 11.1. The summed E-state index contributed by atoms with van der Waals surface area (Å²) in [6.07, 6.45) is 4.34. The van der Waals surface area contributed by atoms with Gasteiger partial charge < -0.3 is 5.73 Å². The van der Waals surface area contributed by atoms with Crippen molar-refractivity contribution in [3.63, 3.8) is 0 Å². The van der Waals surface area contributed by atoms with E-state index in [-0.39, 0.29) is 18.3 Å². The molecule has 0 aliphatic heterocycles. The Labute approximate surface area is 191 Å². The van der Waals surface area contributed by atoms with E-state index in [1.54, 1.807) is 12.4 Å². The Morgan fingerprint density at radius 1 is 1.00 bits per heavy atom. The molecule has 0 bridgehead atoms. The van der Waals surface area contributed by atoms with E-state index in [2.05, 4.69) is 5.43 Å². The number of nitrogens with one attached hydrogen (secondary N) is 2. The zero-order chi connectivity index (χ0) is 24.3. The normalized spacial score (nSPS) is 14.3. The van der Waals surface area contributed by atoms with E-state index in [1.165, 1.54) is 5.01 Å². The third-order valence-corrected chi connectivity index (χ3v) is 4.94. The van der Waals surface area contributed by atoms with Gasteiger partial charge in [0, 0.05) is 6.54 Å². The van der Waals surface area contributed by atoms with Crippen LogP contribution < -0.4 is 16.6 Å². The van der Waals surface area contributed by atoms with Crippen molar-refractivity contribution in [2.75, 3.05) is 6.54 Å².